The fraction of sp³-hybridized carbons (Fsp3) is 0.250. The maximum Gasteiger partial charge on any atom is 0.414 e. The van der Waals surface area contributed by atoms with Gasteiger partial charge in [0.1, 0.15) is 23.6 Å². The van der Waals surface area contributed by atoms with Crippen LogP contribution >= 0.6 is 0 Å². The van der Waals surface area contributed by atoms with Gasteiger partial charge >= 0.3 is 6.09 Å². The van der Waals surface area contributed by atoms with Crippen LogP contribution in [0.2, 0.25) is 0 Å². The summed E-state index contributed by atoms with van der Waals surface area (Å²) in [6.07, 6.45) is 0.666. The molecule has 0 aliphatic rings. The number of carbonyl (C=O) groups excluding carboxylic acids is 2. The zero-order valence-corrected chi connectivity index (χ0v) is 15.9. The van der Waals surface area contributed by atoms with Crippen LogP contribution in [0.3, 0.4) is 0 Å². The summed E-state index contributed by atoms with van der Waals surface area (Å²) >= 11 is 0. The summed E-state index contributed by atoms with van der Waals surface area (Å²) in [5, 5.41) is 0. The van der Waals surface area contributed by atoms with Crippen molar-refractivity contribution in [3.8, 4) is 11.5 Å². The highest BCUT2D eigenvalue weighted by Crippen LogP contribution is 2.32. The second kappa shape index (κ2) is 8.84. The molecule has 142 valence electrons. The van der Waals surface area contributed by atoms with Crippen molar-refractivity contribution in [1.82, 2.24) is 9.88 Å². The molecule has 0 spiro atoms. The van der Waals surface area contributed by atoms with Crippen LogP contribution in [-0.4, -0.2) is 43.5 Å². The lowest BCUT2D eigenvalue weighted by molar-refractivity contribution is -0.104. The fourth-order valence-corrected chi connectivity index (χ4v) is 2.46. The summed E-state index contributed by atoms with van der Waals surface area (Å²) in [5.74, 6) is 1.25. The van der Waals surface area contributed by atoms with Crippen LogP contribution in [0.4, 0.5) is 10.6 Å². The summed E-state index contributed by atoms with van der Waals surface area (Å²) in [6.45, 7) is 1.83. The Balaban J connectivity index is 2.36. The molecule has 0 fully saturated rings. The largest absolute Gasteiger partial charge is 0.496 e. The van der Waals surface area contributed by atoms with Gasteiger partial charge < -0.3 is 20.1 Å². The molecule has 1 amide bonds. The molecule has 1 aromatic carbocycles. The lowest BCUT2D eigenvalue weighted by Crippen LogP contribution is -2.25. The van der Waals surface area contributed by atoms with Crippen molar-refractivity contribution < 1.29 is 19.1 Å². The number of ether oxygens (including phenoxy) is 2. The van der Waals surface area contributed by atoms with Crippen molar-refractivity contribution in [2.24, 2.45) is 0 Å². The molecule has 7 nitrogen and oxygen atoms in total. The van der Waals surface area contributed by atoms with Crippen LogP contribution in [0.5, 0.6) is 11.5 Å². The molecule has 27 heavy (non-hydrogen) atoms. The van der Waals surface area contributed by atoms with Gasteiger partial charge in [0.25, 0.3) is 0 Å². The third-order valence-corrected chi connectivity index (χ3v) is 3.97. The predicted octanol–water partition coefficient (Wildman–Crippen LogP) is 2.95. The summed E-state index contributed by atoms with van der Waals surface area (Å²) < 4.78 is 10.7. The number of nitrogen functional groups attached to an aromatic ring is 1. The molecule has 0 unspecified atom stereocenters. The van der Waals surface area contributed by atoms with Crippen LogP contribution in [0.15, 0.2) is 42.0 Å². The number of pyridine rings is 1. The Bertz CT molecular complexity index is 875. The standard InChI is InChI=1S/C20H23N3O4/c1-13(14(12-24)10-15-6-5-7-19(21)22-15)17-9-8-16(11-18(17)26-4)27-20(25)23(2)3/h5-9,11-12H,10H2,1-4H3,(H2,21,22)/b14-13-. The Morgan fingerprint density at radius 2 is 2.00 bits per heavy atom. The Morgan fingerprint density at radius 3 is 2.59 bits per heavy atom. The molecule has 2 rings (SSSR count). The van der Waals surface area contributed by atoms with E-state index in [4.69, 9.17) is 15.2 Å². The van der Waals surface area contributed by atoms with Gasteiger partial charge in [-0.05, 0) is 36.8 Å². The Labute approximate surface area is 158 Å². The van der Waals surface area contributed by atoms with E-state index in [0.29, 0.717) is 35.0 Å². The molecule has 0 aliphatic heterocycles. The number of amides is 1. The average molecular weight is 369 g/mol. The minimum Gasteiger partial charge on any atom is -0.496 e. The third kappa shape index (κ3) is 5.07. The summed E-state index contributed by atoms with van der Waals surface area (Å²) in [5.41, 5.74) is 8.44. The van der Waals surface area contributed by atoms with Crippen LogP contribution in [0.25, 0.3) is 5.57 Å². The highest BCUT2D eigenvalue weighted by atomic mass is 16.6. The van der Waals surface area contributed by atoms with E-state index in [1.807, 2.05) is 13.0 Å². The molecule has 0 bridgehead atoms. The van der Waals surface area contributed by atoms with Crippen LogP contribution < -0.4 is 15.2 Å². The maximum atomic E-state index is 11.7. The number of nitrogens with zero attached hydrogens (tertiary/aromatic N) is 2. The van der Waals surface area contributed by atoms with Crippen molar-refractivity contribution >= 4 is 23.8 Å². The Kier molecular flexibility index (Phi) is 6.54. The number of rotatable bonds is 6. The van der Waals surface area contributed by atoms with E-state index in [-0.39, 0.29) is 0 Å². The predicted molar refractivity (Wildman–Crippen MR) is 104 cm³/mol. The summed E-state index contributed by atoms with van der Waals surface area (Å²) in [6, 6.07) is 10.3. The van der Waals surface area contributed by atoms with Crippen molar-refractivity contribution in [1.29, 1.82) is 0 Å². The first-order valence-corrected chi connectivity index (χ1v) is 8.29. The monoisotopic (exact) mass is 369 g/mol. The number of methoxy groups -OCH3 is 1. The summed E-state index contributed by atoms with van der Waals surface area (Å²) in [4.78, 5) is 28.9. The van der Waals surface area contributed by atoms with E-state index in [9.17, 15) is 9.59 Å². The molecule has 0 saturated carbocycles. The molecule has 2 N–H and O–H groups in total. The second-order valence-corrected chi connectivity index (χ2v) is 6.12. The van der Waals surface area contributed by atoms with Gasteiger partial charge in [0.05, 0.1) is 7.11 Å². The first-order chi connectivity index (χ1) is 12.8. The fourth-order valence-electron chi connectivity index (χ4n) is 2.46. The van der Waals surface area contributed by atoms with Gasteiger partial charge in [-0.3, -0.25) is 4.79 Å². The molecule has 1 heterocycles. The number of aromatic nitrogens is 1. The van der Waals surface area contributed by atoms with Crippen LogP contribution in [0, 0.1) is 0 Å². The molecule has 1 aromatic heterocycles. The molecule has 0 saturated heterocycles. The number of anilines is 1. The molecule has 7 heteroatoms. The quantitative estimate of drug-likeness (QED) is 0.621. The Hall–Kier alpha value is -3.35. The normalized spacial score (nSPS) is 11.4. The van der Waals surface area contributed by atoms with Gasteiger partial charge in [-0.1, -0.05) is 6.07 Å². The SMILES string of the molecule is COc1cc(OC(=O)N(C)C)ccc1/C(C)=C(\C=O)Cc1cccc(N)n1. The molecular formula is C20H23N3O4. The number of carbonyl (C=O) groups is 2. The lowest BCUT2D eigenvalue weighted by Gasteiger charge is -2.15. The number of hydrogen-bond donors (Lipinski definition) is 1. The smallest absolute Gasteiger partial charge is 0.414 e. The molecule has 2 aromatic rings. The van der Waals surface area contributed by atoms with E-state index in [0.717, 1.165) is 17.4 Å². The van der Waals surface area contributed by atoms with Crippen molar-refractivity contribution in [3.63, 3.8) is 0 Å². The van der Waals surface area contributed by atoms with E-state index in [2.05, 4.69) is 4.98 Å². The highest BCUT2D eigenvalue weighted by Gasteiger charge is 2.14. The van der Waals surface area contributed by atoms with Crippen molar-refractivity contribution in [2.75, 3.05) is 26.9 Å². The third-order valence-electron chi connectivity index (χ3n) is 3.97. The van der Waals surface area contributed by atoms with Gasteiger partial charge in [-0.2, -0.15) is 0 Å². The number of nitrogens with two attached hydrogens (primary N) is 1. The van der Waals surface area contributed by atoms with Gasteiger partial charge in [0.15, 0.2) is 0 Å². The number of hydrogen-bond acceptors (Lipinski definition) is 6. The van der Waals surface area contributed by atoms with Crippen molar-refractivity contribution in [2.45, 2.75) is 13.3 Å². The van der Waals surface area contributed by atoms with E-state index < -0.39 is 6.09 Å². The first-order valence-electron chi connectivity index (χ1n) is 8.29. The summed E-state index contributed by atoms with van der Waals surface area (Å²) in [7, 11) is 4.72. The second-order valence-electron chi connectivity index (χ2n) is 6.12. The van der Waals surface area contributed by atoms with Gasteiger partial charge in [-0.15, -0.1) is 0 Å². The molecule has 0 atom stereocenters. The van der Waals surface area contributed by atoms with Crippen LogP contribution in [0.1, 0.15) is 18.2 Å². The number of benzene rings is 1. The maximum absolute atomic E-state index is 11.7. The van der Waals surface area contributed by atoms with Gasteiger partial charge in [0, 0.05) is 43.4 Å². The Morgan fingerprint density at radius 1 is 1.26 bits per heavy atom. The number of aldehydes is 1. The number of allylic oxidation sites excluding steroid dienone is 2. The highest BCUT2D eigenvalue weighted by molar-refractivity contribution is 5.89. The minimum atomic E-state index is -0.488. The first kappa shape index (κ1) is 20.0. The van der Waals surface area contributed by atoms with Crippen molar-refractivity contribution in [3.05, 3.63) is 53.2 Å². The zero-order valence-electron chi connectivity index (χ0n) is 15.9. The molecular weight excluding hydrogens is 346 g/mol. The molecule has 0 radical (unpaired) electrons. The van der Waals surface area contributed by atoms with Gasteiger partial charge in [-0.25, -0.2) is 9.78 Å². The van der Waals surface area contributed by atoms with Crippen LogP contribution in [-0.2, 0) is 11.2 Å². The van der Waals surface area contributed by atoms with E-state index >= 15 is 0 Å². The lowest BCUT2D eigenvalue weighted by atomic mass is 9.97. The zero-order chi connectivity index (χ0) is 20.0. The minimum absolute atomic E-state index is 0.348. The molecule has 0 aliphatic carbocycles. The average Bonchev–Trinajstić information content (AvgIpc) is 2.65. The van der Waals surface area contributed by atoms with Gasteiger partial charge in [0.2, 0.25) is 0 Å². The van der Waals surface area contributed by atoms with E-state index in [1.165, 1.54) is 12.0 Å². The topological polar surface area (TPSA) is 94.8 Å². The van der Waals surface area contributed by atoms with E-state index in [1.54, 1.807) is 44.4 Å².